The summed E-state index contributed by atoms with van der Waals surface area (Å²) in [6, 6.07) is 5.49. The smallest absolute Gasteiger partial charge is 0.125 e. The minimum atomic E-state index is -0.259. The van der Waals surface area contributed by atoms with E-state index in [0.29, 0.717) is 11.6 Å². The SMILES string of the molecule is OCc1cc(F)cc(N2CCN3CCCC3C2)c1. The molecule has 0 saturated carbocycles. The van der Waals surface area contributed by atoms with Crippen LogP contribution in [0.2, 0.25) is 0 Å². The van der Waals surface area contributed by atoms with Crippen molar-refractivity contribution < 1.29 is 9.50 Å². The van der Waals surface area contributed by atoms with Crippen LogP contribution in [-0.2, 0) is 6.61 Å². The number of rotatable bonds is 2. The summed E-state index contributed by atoms with van der Waals surface area (Å²) in [4.78, 5) is 4.78. The maximum atomic E-state index is 13.5. The van der Waals surface area contributed by atoms with Crippen molar-refractivity contribution in [1.29, 1.82) is 0 Å². The third kappa shape index (κ3) is 2.22. The van der Waals surface area contributed by atoms with Gasteiger partial charge in [-0.15, -0.1) is 0 Å². The van der Waals surface area contributed by atoms with Gasteiger partial charge in [0.2, 0.25) is 0 Å². The Hall–Kier alpha value is -1.13. The van der Waals surface area contributed by atoms with Gasteiger partial charge in [0.15, 0.2) is 0 Å². The van der Waals surface area contributed by atoms with Crippen LogP contribution in [0.15, 0.2) is 18.2 Å². The topological polar surface area (TPSA) is 26.7 Å². The lowest BCUT2D eigenvalue weighted by Gasteiger charge is -2.39. The number of hydrogen-bond acceptors (Lipinski definition) is 3. The summed E-state index contributed by atoms with van der Waals surface area (Å²) in [6.07, 6.45) is 2.53. The van der Waals surface area contributed by atoms with Gasteiger partial charge in [0.05, 0.1) is 6.61 Å². The highest BCUT2D eigenvalue weighted by atomic mass is 19.1. The molecule has 0 amide bonds. The highest BCUT2D eigenvalue weighted by molar-refractivity contribution is 5.49. The van der Waals surface area contributed by atoms with E-state index in [-0.39, 0.29) is 12.4 Å². The van der Waals surface area contributed by atoms with Gasteiger partial charge in [0, 0.05) is 31.4 Å². The van der Waals surface area contributed by atoms with Gasteiger partial charge < -0.3 is 10.0 Å². The van der Waals surface area contributed by atoms with Crippen LogP contribution in [0, 0.1) is 5.82 Å². The van der Waals surface area contributed by atoms with Crippen LogP contribution in [-0.4, -0.2) is 42.2 Å². The Morgan fingerprint density at radius 1 is 1.22 bits per heavy atom. The number of hydrogen-bond donors (Lipinski definition) is 1. The van der Waals surface area contributed by atoms with Crippen molar-refractivity contribution in [2.24, 2.45) is 0 Å². The second-order valence-electron chi connectivity index (χ2n) is 5.25. The van der Waals surface area contributed by atoms with E-state index in [4.69, 9.17) is 5.11 Å². The quantitative estimate of drug-likeness (QED) is 0.863. The van der Waals surface area contributed by atoms with Gasteiger partial charge in [-0.2, -0.15) is 0 Å². The van der Waals surface area contributed by atoms with Crippen molar-refractivity contribution in [2.75, 3.05) is 31.1 Å². The molecular formula is C14H19FN2O. The Bertz CT molecular complexity index is 438. The molecule has 1 unspecified atom stereocenters. The number of aliphatic hydroxyl groups is 1. The van der Waals surface area contributed by atoms with Crippen LogP contribution in [0.1, 0.15) is 18.4 Å². The van der Waals surface area contributed by atoms with Crippen LogP contribution in [0.4, 0.5) is 10.1 Å². The standard InChI is InChI=1S/C14H19FN2O/c15-12-6-11(10-18)7-14(8-12)17-5-4-16-3-1-2-13(16)9-17/h6-8,13,18H,1-5,9-10H2. The molecule has 0 spiro atoms. The van der Waals surface area contributed by atoms with Gasteiger partial charge in [-0.05, 0) is 43.1 Å². The minimum Gasteiger partial charge on any atom is -0.392 e. The summed E-state index contributed by atoms with van der Waals surface area (Å²) in [7, 11) is 0. The first-order valence-electron chi connectivity index (χ1n) is 6.65. The number of benzene rings is 1. The number of nitrogens with zero attached hydrogens (tertiary/aromatic N) is 2. The van der Waals surface area contributed by atoms with Crippen molar-refractivity contribution >= 4 is 5.69 Å². The van der Waals surface area contributed by atoms with Crippen LogP contribution < -0.4 is 4.90 Å². The second-order valence-corrected chi connectivity index (χ2v) is 5.25. The first-order valence-corrected chi connectivity index (χ1v) is 6.65. The number of anilines is 1. The van der Waals surface area contributed by atoms with E-state index in [2.05, 4.69) is 9.80 Å². The van der Waals surface area contributed by atoms with E-state index in [0.717, 1.165) is 25.3 Å². The number of halogens is 1. The van der Waals surface area contributed by atoms with E-state index in [1.807, 2.05) is 6.07 Å². The molecule has 2 saturated heterocycles. The fraction of sp³-hybridized carbons (Fsp3) is 0.571. The molecule has 2 heterocycles. The Labute approximate surface area is 107 Å². The maximum absolute atomic E-state index is 13.5. The average molecular weight is 250 g/mol. The van der Waals surface area contributed by atoms with Crippen LogP contribution in [0.25, 0.3) is 0 Å². The molecule has 3 nitrogen and oxygen atoms in total. The molecule has 98 valence electrons. The first kappa shape index (κ1) is 11.9. The Balaban J connectivity index is 1.80. The van der Waals surface area contributed by atoms with E-state index >= 15 is 0 Å². The zero-order chi connectivity index (χ0) is 12.5. The summed E-state index contributed by atoms with van der Waals surface area (Å²) in [5, 5.41) is 9.14. The summed E-state index contributed by atoms with van der Waals surface area (Å²) < 4.78 is 13.5. The summed E-state index contributed by atoms with van der Waals surface area (Å²) >= 11 is 0. The van der Waals surface area contributed by atoms with Crippen LogP contribution in [0.3, 0.4) is 0 Å². The molecule has 1 aromatic carbocycles. The van der Waals surface area contributed by atoms with Crippen molar-refractivity contribution in [3.05, 3.63) is 29.6 Å². The van der Waals surface area contributed by atoms with E-state index in [1.165, 1.54) is 25.5 Å². The maximum Gasteiger partial charge on any atom is 0.125 e. The van der Waals surface area contributed by atoms with Gasteiger partial charge in [0.25, 0.3) is 0 Å². The third-order valence-corrected chi connectivity index (χ3v) is 4.08. The highest BCUT2D eigenvalue weighted by Crippen LogP contribution is 2.26. The van der Waals surface area contributed by atoms with Gasteiger partial charge in [-0.25, -0.2) is 4.39 Å². The lowest BCUT2D eigenvalue weighted by atomic mass is 10.1. The summed E-state index contributed by atoms with van der Waals surface area (Å²) in [6.45, 7) is 4.10. The van der Waals surface area contributed by atoms with Gasteiger partial charge >= 0.3 is 0 Å². The molecule has 18 heavy (non-hydrogen) atoms. The van der Waals surface area contributed by atoms with Crippen LogP contribution >= 0.6 is 0 Å². The van der Waals surface area contributed by atoms with E-state index in [9.17, 15) is 4.39 Å². The van der Waals surface area contributed by atoms with Crippen molar-refractivity contribution in [3.8, 4) is 0 Å². The summed E-state index contributed by atoms with van der Waals surface area (Å²) in [5.41, 5.74) is 1.56. The molecular weight excluding hydrogens is 231 g/mol. The van der Waals surface area contributed by atoms with Crippen molar-refractivity contribution in [2.45, 2.75) is 25.5 Å². The average Bonchev–Trinajstić information content (AvgIpc) is 2.85. The molecule has 1 N–H and O–H groups in total. The summed E-state index contributed by atoms with van der Waals surface area (Å²) in [5.74, 6) is -0.259. The molecule has 0 aliphatic carbocycles. The second kappa shape index (κ2) is 4.86. The molecule has 0 aromatic heterocycles. The number of piperazine rings is 1. The zero-order valence-corrected chi connectivity index (χ0v) is 10.5. The zero-order valence-electron chi connectivity index (χ0n) is 10.5. The van der Waals surface area contributed by atoms with Gasteiger partial charge in [-0.1, -0.05) is 0 Å². The molecule has 2 fully saturated rings. The van der Waals surface area contributed by atoms with Crippen molar-refractivity contribution in [1.82, 2.24) is 4.90 Å². The largest absolute Gasteiger partial charge is 0.392 e. The van der Waals surface area contributed by atoms with Crippen LogP contribution in [0.5, 0.6) is 0 Å². The Morgan fingerprint density at radius 2 is 2.11 bits per heavy atom. The number of fused-ring (bicyclic) bond motifs is 1. The third-order valence-electron chi connectivity index (χ3n) is 4.08. The van der Waals surface area contributed by atoms with Gasteiger partial charge in [0.1, 0.15) is 5.82 Å². The number of aliphatic hydroxyl groups excluding tert-OH is 1. The normalized spacial score (nSPS) is 24.3. The highest BCUT2D eigenvalue weighted by Gasteiger charge is 2.30. The Kier molecular flexibility index (Phi) is 3.22. The molecule has 4 heteroatoms. The molecule has 1 atom stereocenters. The fourth-order valence-corrected chi connectivity index (χ4v) is 3.13. The lowest BCUT2D eigenvalue weighted by Crippen LogP contribution is -2.50. The lowest BCUT2D eigenvalue weighted by molar-refractivity contribution is 0.231. The molecule has 3 rings (SSSR count). The molecule has 0 bridgehead atoms. The molecule has 0 radical (unpaired) electrons. The molecule has 2 aliphatic rings. The monoisotopic (exact) mass is 250 g/mol. The predicted octanol–water partition coefficient (Wildman–Crippen LogP) is 1.60. The fourth-order valence-electron chi connectivity index (χ4n) is 3.13. The molecule has 2 aliphatic heterocycles. The Morgan fingerprint density at radius 3 is 2.94 bits per heavy atom. The molecule has 1 aromatic rings. The van der Waals surface area contributed by atoms with Gasteiger partial charge in [-0.3, -0.25) is 4.90 Å². The first-order chi connectivity index (χ1) is 8.76. The predicted molar refractivity (Wildman–Crippen MR) is 69.1 cm³/mol. The van der Waals surface area contributed by atoms with E-state index < -0.39 is 0 Å². The minimum absolute atomic E-state index is 0.103. The van der Waals surface area contributed by atoms with Crippen molar-refractivity contribution in [3.63, 3.8) is 0 Å². The van der Waals surface area contributed by atoms with E-state index in [1.54, 1.807) is 6.07 Å².